The lowest BCUT2D eigenvalue weighted by atomic mass is 9.85. The van der Waals surface area contributed by atoms with Crippen molar-refractivity contribution in [1.82, 2.24) is 9.62 Å². The van der Waals surface area contributed by atoms with Crippen LogP contribution >= 0.6 is 15.9 Å². The van der Waals surface area contributed by atoms with Gasteiger partial charge in [-0.3, -0.25) is 0 Å². The lowest BCUT2D eigenvalue weighted by molar-refractivity contribution is 0.314. The normalized spacial score (nSPS) is 20.4. The van der Waals surface area contributed by atoms with Crippen LogP contribution in [-0.4, -0.2) is 32.9 Å². The SMILES string of the molecule is CNCc1cc(S(=O)(=O)N2CCCC(C)(C)CC2)c(Br)o1. The maximum atomic E-state index is 12.8. The Morgan fingerprint density at radius 2 is 2.10 bits per heavy atom. The predicted octanol–water partition coefficient (Wildman–Crippen LogP) is 2.96. The van der Waals surface area contributed by atoms with Gasteiger partial charge in [0.1, 0.15) is 10.7 Å². The van der Waals surface area contributed by atoms with Crippen molar-refractivity contribution < 1.29 is 12.8 Å². The highest BCUT2D eigenvalue weighted by Gasteiger charge is 2.33. The van der Waals surface area contributed by atoms with Crippen LogP contribution in [0.2, 0.25) is 0 Å². The first-order chi connectivity index (χ1) is 9.76. The van der Waals surface area contributed by atoms with Crippen molar-refractivity contribution in [2.24, 2.45) is 5.41 Å². The van der Waals surface area contributed by atoms with E-state index in [-0.39, 0.29) is 15.0 Å². The van der Waals surface area contributed by atoms with Crippen LogP contribution in [0.25, 0.3) is 0 Å². The number of halogens is 1. The van der Waals surface area contributed by atoms with Crippen LogP contribution in [0.5, 0.6) is 0 Å². The van der Waals surface area contributed by atoms with E-state index in [2.05, 4.69) is 35.1 Å². The van der Waals surface area contributed by atoms with Gasteiger partial charge in [-0.1, -0.05) is 13.8 Å². The average molecular weight is 379 g/mol. The molecule has 1 aliphatic heterocycles. The number of nitrogens with one attached hydrogen (secondary N) is 1. The van der Waals surface area contributed by atoms with Crippen molar-refractivity contribution in [3.8, 4) is 0 Å². The smallest absolute Gasteiger partial charge is 0.247 e. The summed E-state index contributed by atoms with van der Waals surface area (Å²) >= 11 is 3.23. The standard InChI is InChI=1S/C14H23BrN2O3S/c1-14(2)5-4-7-17(8-6-14)21(18,19)12-9-11(10-16-3)20-13(12)15/h9,16H,4-8,10H2,1-3H3. The lowest BCUT2D eigenvalue weighted by Crippen LogP contribution is -2.32. The fourth-order valence-electron chi connectivity index (χ4n) is 2.61. The fraction of sp³-hybridized carbons (Fsp3) is 0.714. The first kappa shape index (κ1) is 17.0. The molecule has 0 amide bonds. The molecular weight excluding hydrogens is 356 g/mol. The maximum absolute atomic E-state index is 12.8. The molecule has 0 unspecified atom stereocenters. The molecule has 0 radical (unpaired) electrons. The Morgan fingerprint density at radius 1 is 1.38 bits per heavy atom. The van der Waals surface area contributed by atoms with E-state index in [1.807, 2.05) is 0 Å². The molecule has 0 saturated carbocycles. The summed E-state index contributed by atoms with van der Waals surface area (Å²) in [5.41, 5.74) is 0.204. The highest BCUT2D eigenvalue weighted by molar-refractivity contribution is 9.10. The molecule has 0 atom stereocenters. The summed E-state index contributed by atoms with van der Waals surface area (Å²) in [5, 5.41) is 2.95. The van der Waals surface area contributed by atoms with Gasteiger partial charge in [-0.15, -0.1) is 0 Å². The third-order valence-electron chi connectivity index (χ3n) is 3.97. The predicted molar refractivity (Wildman–Crippen MR) is 85.6 cm³/mol. The van der Waals surface area contributed by atoms with E-state index in [4.69, 9.17) is 4.42 Å². The van der Waals surface area contributed by atoms with Gasteiger partial charge in [-0.05, 0) is 47.7 Å². The second-order valence-electron chi connectivity index (χ2n) is 6.30. The molecule has 1 N–H and O–H groups in total. The Labute approximate surface area is 135 Å². The average Bonchev–Trinajstić information content (AvgIpc) is 2.64. The Balaban J connectivity index is 2.25. The number of sulfonamides is 1. The highest BCUT2D eigenvalue weighted by Crippen LogP contribution is 2.34. The summed E-state index contributed by atoms with van der Waals surface area (Å²) in [6.07, 6.45) is 2.83. The molecule has 1 saturated heterocycles. The Morgan fingerprint density at radius 3 is 2.76 bits per heavy atom. The summed E-state index contributed by atoms with van der Waals surface area (Å²) in [6.45, 7) is 6.03. The summed E-state index contributed by atoms with van der Waals surface area (Å²) in [5.74, 6) is 0.609. The van der Waals surface area contributed by atoms with Gasteiger partial charge >= 0.3 is 0 Å². The van der Waals surface area contributed by atoms with Crippen LogP contribution in [-0.2, 0) is 16.6 Å². The topological polar surface area (TPSA) is 62.6 Å². The molecule has 21 heavy (non-hydrogen) atoms. The Hall–Kier alpha value is -0.370. The molecule has 0 aromatic carbocycles. The lowest BCUT2D eigenvalue weighted by Gasteiger charge is -2.22. The summed E-state index contributed by atoms with van der Waals surface area (Å²) in [7, 11) is -1.71. The third kappa shape index (κ3) is 3.88. The van der Waals surface area contributed by atoms with Gasteiger partial charge in [0.25, 0.3) is 0 Å². The van der Waals surface area contributed by atoms with Crippen molar-refractivity contribution >= 4 is 26.0 Å². The van der Waals surface area contributed by atoms with Crippen molar-refractivity contribution in [3.05, 3.63) is 16.5 Å². The maximum Gasteiger partial charge on any atom is 0.247 e. The second kappa shape index (κ2) is 6.40. The van der Waals surface area contributed by atoms with E-state index in [1.165, 1.54) is 0 Å². The Bertz CT molecular complexity index is 595. The molecule has 1 aromatic heterocycles. The molecule has 120 valence electrons. The fourth-order valence-corrected chi connectivity index (χ4v) is 5.05. The van der Waals surface area contributed by atoms with E-state index in [9.17, 15) is 8.42 Å². The molecule has 2 heterocycles. The number of nitrogens with zero attached hydrogens (tertiary/aromatic N) is 1. The molecule has 7 heteroatoms. The summed E-state index contributed by atoms with van der Waals surface area (Å²) in [6, 6.07) is 1.60. The van der Waals surface area contributed by atoms with Crippen molar-refractivity contribution in [2.75, 3.05) is 20.1 Å². The van der Waals surface area contributed by atoms with Crippen LogP contribution in [0, 0.1) is 5.41 Å². The molecule has 1 aliphatic rings. The molecule has 0 bridgehead atoms. The third-order valence-corrected chi connectivity index (χ3v) is 6.73. The first-order valence-corrected chi connectivity index (χ1v) is 9.42. The zero-order valence-electron chi connectivity index (χ0n) is 12.8. The molecule has 1 fully saturated rings. The van der Waals surface area contributed by atoms with Gasteiger partial charge in [0, 0.05) is 19.2 Å². The van der Waals surface area contributed by atoms with Crippen LogP contribution in [0.4, 0.5) is 0 Å². The Kier molecular flexibility index (Phi) is 5.18. The quantitative estimate of drug-likeness (QED) is 0.874. The monoisotopic (exact) mass is 378 g/mol. The molecule has 0 aliphatic carbocycles. The van der Waals surface area contributed by atoms with Crippen molar-refractivity contribution in [1.29, 1.82) is 0 Å². The van der Waals surface area contributed by atoms with Gasteiger partial charge in [0.05, 0.1) is 6.54 Å². The minimum Gasteiger partial charge on any atom is -0.452 e. The van der Waals surface area contributed by atoms with Gasteiger partial charge in [0.15, 0.2) is 4.67 Å². The zero-order chi connectivity index (χ0) is 15.7. The highest BCUT2D eigenvalue weighted by atomic mass is 79.9. The molecule has 1 aromatic rings. The van der Waals surface area contributed by atoms with E-state index in [0.29, 0.717) is 25.4 Å². The van der Waals surface area contributed by atoms with E-state index in [0.717, 1.165) is 19.3 Å². The molecular formula is C14H23BrN2O3S. The molecule has 5 nitrogen and oxygen atoms in total. The number of hydrogen-bond acceptors (Lipinski definition) is 4. The number of rotatable bonds is 4. The van der Waals surface area contributed by atoms with Gasteiger partial charge in [-0.2, -0.15) is 4.31 Å². The van der Waals surface area contributed by atoms with Gasteiger partial charge in [-0.25, -0.2) is 8.42 Å². The van der Waals surface area contributed by atoms with E-state index < -0.39 is 10.0 Å². The summed E-state index contributed by atoms with van der Waals surface area (Å²) < 4.78 is 32.9. The second-order valence-corrected chi connectivity index (χ2v) is 8.93. The molecule has 0 spiro atoms. The van der Waals surface area contributed by atoms with Crippen molar-refractivity contribution in [2.45, 2.75) is 44.6 Å². The number of furan rings is 1. The van der Waals surface area contributed by atoms with E-state index in [1.54, 1.807) is 17.4 Å². The van der Waals surface area contributed by atoms with Crippen LogP contribution in [0.1, 0.15) is 38.9 Å². The summed E-state index contributed by atoms with van der Waals surface area (Å²) in [4.78, 5) is 0.229. The largest absolute Gasteiger partial charge is 0.452 e. The van der Waals surface area contributed by atoms with Crippen molar-refractivity contribution in [3.63, 3.8) is 0 Å². The van der Waals surface area contributed by atoms with Crippen LogP contribution < -0.4 is 5.32 Å². The first-order valence-electron chi connectivity index (χ1n) is 7.19. The van der Waals surface area contributed by atoms with Gasteiger partial charge < -0.3 is 9.73 Å². The van der Waals surface area contributed by atoms with Gasteiger partial charge in [0.2, 0.25) is 10.0 Å². The minimum atomic E-state index is -3.50. The molecule has 2 rings (SSSR count). The van der Waals surface area contributed by atoms with E-state index >= 15 is 0 Å². The zero-order valence-corrected chi connectivity index (χ0v) is 15.2. The number of hydrogen-bond donors (Lipinski definition) is 1. The minimum absolute atomic E-state index is 0.204. The van der Waals surface area contributed by atoms with Crippen LogP contribution in [0.15, 0.2) is 20.0 Å². The van der Waals surface area contributed by atoms with Crippen LogP contribution in [0.3, 0.4) is 0 Å².